The number of hydrogen-bond donors (Lipinski definition) is 0. The Labute approximate surface area is 131 Å². The minimum Gasteiger partial charge on any atom is -0.400 e. The molecule has 3 heteroatoms. The second kappa shape index (κ2) is 5.97. The van der Waals surface area contributed by atoms with Gasteiger partial charge in [-0.2, -0.15) is 0 Å². The van der Waals surface area contributed by atoms with Gasteiger partial charge in [0.1, 0.15) is 0 Å². The highest BCUT2D eigenvalue weighted by Crippen LogP contribution is 2.62. The first-order valence-electron chi connectivity index (χ1n) is 9.35. The van der Waals surface area contributed by atoms with Crippen LogP contribution in [-0.4, -0.2) is 23.5 Å². The summed E-state index contributed by atoms with van der Waals surface area (Å²) in [4.78, 5) is 0. The molecule has 0 amide bonds. The fourth-order valence-corrected chi connectivity index (χ4v) is 8.30. The van der Waals surface area contributed by atoms with Crippen molar-refractivity contribution in [1.82, 2.24) is 0 Å². The zero-order valence-electron chi connectivity index (χ0n) is 13.8. The van der Waals surface area contributed by atoms with E-state index in [2.05, 4.69) is 0 Å². The van der Waals surface area contributed by atoms with E-state index in [1.54, 1.807) is 38.5 Å². The van der Waals surface area contributed by atoms with Crippen molar-refractivity contribution < 1.29 is 8.85 Å². The second-order valence-electron chi connectivity index (χ2n) is 8.39. The maximum absolute atomic E-state index is 5.57. The predicted molar refractivity (Wildman–Crippen MR) is 87.3 cm³/mol. The first-order valence-corrected chi connectivity index (χ1v) is 11.1. The molecule has 0 aromatic carbocycles. The largest absolute Gasteiger partial charge is 0.400 e. The molecule has 0 aliphatic heterocycles. The predicted octanol–water partition coefficient (Wildman–Crippen LogP) is 3.99. The summed E-state index contributed by atoms with van der Waals surface area (Å²) in [6, 6.07) is 1.23. The van der Waals surface area contributed by atoms with Gasteiger partial charge in [0.25, 0.3) is 0 Å². The van der Waals surface area contributed by atoms with Crippen LogP contribution in [0.1, 0.15) is 51.4 Å². The summed E-state index contributed by atoms with van der Waals surface area (Å²) in [6.07, 6.45) is 12.3. The molecule has 0 aromatic rings. The maximum Gasteiger partial charge on any atom is 0.320 e. The van der Waals surface area contributed by atoms with Crippen molar-refractivity contribution in [3.8, 4) is 0 Å². The summed E-state index contributed by atoms with van der Waals surface area (Å²) in [5.74, 6) is 7.58. The molecule has 0 saturated heterocycles. The van der Waals surface area contributed by atoms with Crippen molar-refractivity contribution in [2.45, 2.75) is 57.4 Å². The molecule has 0 spiro atoms. The Balaban J connectivity index is 1.43. The average molecular weight is 309 g/mol. The van der Waals surface area contributed by atoms with E-state index in [1.165, 1.54) is 18.9 Å². The summed E-state index contributed by atoms with van der Waals surface area (Å²) in [7, 11) is 2.34. The van der Waals surface area contributed by atoms with E-state index in [1.807, 2.05) is 14.2 Å². The molecule has 21 heavy (non-hydrogen) atoms. The Kier molecular flexibility index (Phi) is 4.18. The van der Waals surface area contributed by atoms with Gasteiger partial charge in [0, 0.05) is 14.2 Å². The normalized spacial score (nSPS) is 47.9. The van der Waals surface area contributed by atoms with Crippen molar-refractivity contribution in [3.05, 3.63) is 0 Å². The maximum atomic E-state index is 5.57. The quantitative estimate of drug-likeness (QED) is 0.691. The monoisotopic (exact) mass is 308 g/mol. The van der Waals surface area contributed by atoms with Crippen LogP contribution in [0, 0.1) is 41.4 Å². The first kappa shape index (κ1) is 14.7. The number of hydrogen-bond acceptors (Lipinski definition) is 2. The topological polar surface area (TPSA) is 18.5 Å². The van der Waals surface area contributed by atoms with Crippen LogP contribution >= 0.6 is 0 Å². The summed E-state index contributed by atoms with van der Waals surface area (Å²) in [6.45, 7) is 0. The van der Waals surface area contributed by atoms with E-state index in [0.29, 0.717) is 0 Å². The van der Waals surface area contributed by atoms with Gasteiger partial charge in [-0.1, -0.05) is 6.42 Å². The molecule has 0 N–H and O–H groups in total. The molecule has 4 fully saturated rings. The molecule has 7 unspecified atom stereocenters. The molecular formula is C18H32O2Si. The highest BCUT2D eigenvalue weighted by atomic mass is 28.3. The molecule has 2 nitrogen and oxygen atoms in total. The van der Waals surface area contributed by atoms with Gasteiger partial charge in [0.2, 0.25) is 0 Å². The molecule has 4 rings (SSSR count). The van der Waals surface area contributed by atoms with Gasteiger partial charge >= 0.3 is 9.28 Å². The Morgan fingerprint density at radius 1 is 0.857 bits per heavy atom. The molecule has 4 saturated carbocycles. The van der Waals surface area contributed by atoms with Gasteiger partial charge in [-0.3, -0.25) is 0 Å². The minimum absolute atomic E-state index is 1.02. The van der Waals surface area contributed by atoms with Gasteiger partial charge in [-0.15, -0.1) is 0 Å². The van der Waals surface area contributed by atoms with Gasteiger partial charge in [0.05, 0.1) is 0 Å². The van der Waals surface area contributed by atoms with Crippen LogP contribution in [0.15, 0.2) is 0 Å². The number of fused-ring (bicyclic) bond motifs is 4. The lowest BCUT2D eigenvalue weighted by molar-refractivity contribution is 0.101. The van der Waals surface area contributed by atoms with E-state index < -0.39 is 9.28 Å². The minimum atomic E-state index is -1.35. The van der Waals surface area contributed by atoms with Crippen LogP contribution < -0.4 is 0 Å². The second-order valence-corrected chi connectivity index (χ2v) is 10.8. The molecule has 7 atom stereocenters. The van der Waals surface area contributed by atoms with E-state index in [-0.39, 0.29) is 0 Å². The molecule has 4 aliphatic carbocycles. The van der Waals surface area contributed by atoms with Crippen LogP contribution in [0.3, 0.4) is 0 Å². The Morgan fingerprint density at radius 3 is 2.29 bits per heavy atom. The third kappa shape index (κ3) is 2.53. The highest BCUT2D eigenvalue weighted by Gasteiger charge is 2.54. The summed E-state index contributed by atoms with van der Waals surface area (Å²) in [5.41, 5.74) is 0. The molecule has 4 aliphatic rings. The van der Waals surface area contributed by atoms with Gasteiger partial charge in [-0.05, 0) is 92.4 Å². The van der Waals surface area contributed by atoms with Crippen molar-refractivity contribution in [3.63, 3.8) is 0 Å². The molecule has 4 bridgehead atoms. The zero-order chi connectivity index (χ0) is 14.4. The third-order valence-corrected chi connectivity index (χ3v) is 9.56. The first-order chi connectivity index (χ1) is 10.3. The Morgan fingerprint density at radius 2 is 1.62 bits per heavy atom. The van der Waals surface area contributed by atoms with Gasteiger partial charge in [0.15, 0.2) is 0 Å². The van der Waals surface area contributed by atoms with Crippen molar-refractivity contribution in [1.29, 1.82) is 0 Å². The highest BCUT2D eigenvalue weighted by molar-refractivity contribution is 6.44. The summed E-state index contributed by atoms with van der Waals surface area (Å²) >= 11 is 0. The third-order valence-electron chi connectivity index (χ3n) is 7.71. The van der Waals surface area contributed by atoms with Gasteiger partial charge < -0.3 is 8.85 Å². The molecule has 0 aromatic heterocycles. The summed E-state index contributed by atoms with van der Waals surface area (Å²) in [5, 5.41) is 0. The van der Waals surface area contributed by atoms with Crippen molar-refractivity contribution in [2.24, 2.45) is 41.4 Å². The van der Waals surface area contributed by atoms with E-state index in [9.17, 15) is 0 Å². The van der Waals surface area contributed by atoms with Gasteiger partial charge in [-0.25, -0.2) is 0 Å². The average Bonchev–Trinajstić information content (AvgIpc) is 3.27. The SMILES string of the molecule is CO[SiH](CCC1C2CCC(C2)C1C1CC2CCC1C2)OC. The van der Waals surface area contributed by atoms with Crippen LogP contribution in [0.4, 0.5) is 0 Å². The smallest absolute Gasteiger partial charge is 0.320 e. The number of rotatable bonds is 6. The summed E-state index contributed by atoms with van der Waals surface area (Å²) < 4.78 is 11.1. The van der Waals surface area contributed by atoms with Crippen molar-refractivity contribution in [2.75, 3.05) is 14.2 Å². The van der Waals surface area contributed by atoms with Crippen LogP contribution in [0.2, 0.25) is 6.04 Å². The fraction of sp³-hybridized carbons (Fsp3) is 1.00. The molecule has 120 valence electrons. The standard InChI is InChI=1S/C18H32O2Si/c1-19-21(20-2)8-7-16-14-5-6-15(11-14)18(16)17-10-12-3-4-13(17)9-12/h12-18,21H,3-11H2,1-2H3. The molecule has 0 heterocycles. The van der Waals surface area contributed by atoms with Crippen LogP contribution in [-0.2, 0) is 8.85 Å². The van der Waals surface area contributed by atoms with E-state index >= 15 is 0 Å². The Hall–Kier alpha value is 0.137. The molecular weight excluding hydrogens is 276 g/mol. The van der Waals surface area contributed by atoms with E-state index in [4.69, 9.17) is 8.85 Å². The lowest BCUT2D eigenvalue weighted by Gasteiger charge is -2.39. The Bertz CT molecular complexity index is 370. The molecule has 0 radical (unpaired) electrons. The lowest BCUT2D eigenvalue weighted by atomic mass is 9.66. The fourth-order valence-electron chi connectivity index (χ4n) is 6.98. The lowest BCUT2D eigenvalue weighted by Crippen LogP contribution is -2.33. The van der Waals surface area contributed by atoms with Crippen LogP contribution in [0.25, 0.3) is 0 Å². The zero-order valence-corrected chi connectivity index (χ0v) is 15.0. The van der Waals surface area contributed by atoms with E-state index in [0.717, 1.165) is 41.4 Å². The van der Waals surface area contributed by atoms with Crippen LogP contribution in [0.5, 0.6) is 0 Å². The van der Waals surface area contributed by atoms with Crippen molar-refractivity contribution >= 4 is 9.28 Å².